The standard InChI is InChI=1S/C15H15BrN4OS/c1-8(2)20-11(7-9(3)19-20)14(21)18-15-17-13-10(16)5-4-6-12(13)22-15/h4-8H,1-3H3,(H,17,18,21). The van der Waals surface area contributed by atoms with Gasteiger partial charge in [-0.1, -0.05) is 17.4 Å². The van der Waals surface area contributed by atoms with Crippen molar-refractivity contribution in [1.82, 2.24) is 14.8 Å². The molecule has 114 valence electrons. The molecule has 22 heavy (non-hydrogen) atoms. The van der Waals surface area contributed by atoms with E-state index in [1.807, 2.05) is 39.0 Å². The van der Waals surface area contributed by atoms with Gasteiger partial charge in [0.25, 0.3) is 5.91 Å². The number of hydrogen-bond acceptors (Lipinski definition) is 4. The third-order valence-corrected chi connectivity index (χ3v) is 4.75. The molecule has 5 nitrogen and oxygen atoms in total. The topological polar surface area (TPSA) is 59.8 Å². The summed E-state index contributed by atoms with van der Waals surface area (Å²) in [7, 11) is 0. The molecule has 3 aromatic rings. The Morgan fingerprint density at radius 2 is 2.18 bits per heavy atom. The van der Waals surface area contributed by atoms with E-state index in [0.29, 0.717) is 10.8 Å². The molecule has 0 saturated carbocycles. The summed E-state index contributed by atoms with van der Waals surface area (Å²) in [6.07, 6.45) is 0. The van der Waals surface area contributed by atoms with E-state index in [1.165, 1.54) is 11.3 Å². The van der Waals surface area contributed by atoms with Crippen molar-refractivity contribution >= 4 is 48.5 Å². The van der Waals surface area contributed by atoms with Crippen molar-refractivity contribution in [3.63, 3.8) is 0 Å². The average molecular weight is 379 g/mol. The van der Waals surface area contributed by atoms with Gasteiger partial charge in [-0.15, -0.1) is 0 Å². The first-order valence-electron chi connectivity index (χ1n) is 6.88. The molecular weight excluding hydrogens is 364 g/mol. The fourth-order valence-corrected chi connectivity index (χ4v) is 3.68. The number of fused-ring (bicyclic) bond motifs is 1. The maximum absolute atomic E-state index is 12.5. The van der Waals surface area contributed by atoms with E-state index in [9.17, 15) is 4.79 Å². The van der Waals surface area contributed by atoms with Gasteiger partial charge in [0.05, 0.1) is 15.9 Å². The Bertz CT molecular complexity index is 852. The van der Waals surface area contributed by atoms with Crippen molar-refractivity contribution in [3.05, 3.63) is 40.1 Å². The van der Waals surface area contributed by atoms with Crippen LogP contribution in [0, 0.1) is 6.92 Å². The molecule has 0 aliphatic rings. The fraction of sp³-hybridized carbons (Fsp3) is 0.267. The van der Waals surface area contributed by atoms with Crippen LogP contribution in [0.3, 0.4) is 0 Å². The quantitative estimate of drug-likeness (QED) is 0.734. The Balaban J connectivity index is 1.91. The zero-order valence-electron chi connectivity index (χ0n) is 12.4. The van der Waals surface area contributed by atoms with Crippen molar-refractivity contribution < 1.29 is 4.79 Å². The number of carbonyl (C=O) groups is 1. The van der Waals surface area contributed by atoms with Crippen LogP contribution in [0.15, 0.2) is 28.7 Å². The molecule has 0 bridgehead atoms. The summed E-state index contributed by atoms with van der Waals surface area (Å²) < 4.78 is 3.68. The number of aromatic nitrogens is 3. The highest BCUT2D eigenvalue weighted by atomic mass is 79.9. The van der Waals surface area contributed by atoms with Crippen molar-refractivity contribution in [1.29, 1.82) is 0 Å². The van der Waals surface area contributed by atoms with Crippen LogP contribution in [-0.4, -0.2) is 20.7 Å². The monoisotopic (exact) mass is 378 g/mol. The number of nitrogens with zero attached hydrogens (tertiary/aromatic N) is 3. The zero-order chi connectivity index (χ0) is 15.9. The molecule has 2 heterocycles. The van der Waals surface area contributed by atoms with Gasteiger partial charge < -0.3 is 0 Å². The Morgan fingerprint density at radius 1 is 1.41 bits per heavy atom. The number of carbonyl (C=O) groups excluding carboxylic acids is 1. The number of rotatable bonds is 3. The molecule has 1 aromatic carbocycles. The first kappa shape index (κ1) is 15.2. The van der Waals surface area contributed by atoms with Crippen LogP contribution in [0.25, 0.3) is 10.2 Å². The summed E-state index contributed by atoms with van der Waals surface area (Å²) in [4.78, 5) is 17.0. The average Bonchev–Trinajstić information content (AvgIpc) is 3.03. The van der Waals surface area contributed by atoms with E-state index in [0.717, 1.165) is 20.4 Å². The van der Waals surface area contributed by atoms with E-state index in [-0.39, 0.29) is 11.9 Å². The van der Waals surface area contributed by atoms with Crippen LogP contribution in [0.2, 0.25) is 0 Å². The molecule has 2 aromatic heterocycles. The highest BCUT2D eigenvalue weighted by Crippen LogP contribution is 2.31. The second-order valence-electron chi connectivity index (χ2n) is 5.27. The molecule has 7 heteroatoms. The minimum Gasteiger partial charge on any atom is -0.296 e. The van der Waals surface area contributed by atoms with Gasteiger partial charge >= 0.3 is 0 Å². The second-order valence-corrected chi connectivity index (χ2v) is 7.15. The number of anilines is 1. The highest BCUT2D eigenvalue weighted by Gasteiger charge is 2.17. The summed E-state index contributed by atoms with van der Waals surface area (Å²) in [5.74, 6) is -0.190. The third kappa shape index (κ3) is 2.78. The lowest BCUT2D eigenvalue weighted by atomic mass is 10.3. The molecule has 0 fully saturated rings. The SMILES string of the molecule is Cc1cc(C(=O)Nc2nc3c(Br)cccc3s2)n(C(C)C)n1. The molecule has 1 amide bonds. The number of amides is 1. The smallest absolute Gasteiger partial charge is 0.275 e. The second kappa shape index (κ2) is 5.81. The van der Waals surface area contributed by atoms with Crippen molar-refractivity contribution in [3.8, 4) is 0 Å². The lowest BCUT2D eigenvalue weighted by Crippen LogP contribution is -2.18. The first-order chi connectivity index (χ1) is 10.5. The number of thiazole rings is 1. The molecule has 0 spiro atoms. The number of halogens is 1. The minimum absolute atomic E-state index is 0.124. The van der Waals surface area contributed by atoms with E-state index >= 15 is 0 Å². The van der Waals surface area contributed by atoms with Gasteiger partial charge in [0.1, 0.15) is 5.69 Å². The molecule has 0 atom stereocenters. The van der Waals surface area contributed by atoms with Crippen LogP contribution < -0.4 is 5.32 Å². The molecule has 3 rings (SSSR count). The van der Waals surface area contributed by atoms with Gasteiger partial charge in [0.2, 0.25) is 0 Å². The zero-order valence-corrected chi connectivity index (χ0v) is 14.8. The molecule has 1 N–H and O–H groups in total. The number of hydrogen-bond donors (Lipinski definition) is 1. The molecule has 0 aliphatic carbocycles. The van der Waals surface area contributed by atoms with Gasteiger partial charge in [-0.25, -0.2) is 4.98 Å². The van der Waals surface area contributed by atoms with Crippen molar-refractivity contribution in [2.75, 3.05) is 5.32 Å². The summed E-state index contributed by atoms with van der Waals surface area (Å²) in [6.45, 7) is 5.88. The fourth-order valence-electron chi connectivity index (χ4n) is 2.21. The largest absolute Gasteiger partial charge is 0.296 e. The molecule has 0 radical (unpaired) electrons. The summed E-state index contributed by atoms with van der Waals surface area (Å²) >= 11 is 4.93. The van der Waals surface area contributed by atoms with Crippen LogP contribution >= 0.6 is 27.3 Å². The molecular formula is C15H15BrN4OS. The van der Waals surface area contributed by atoms with E-state index in [2.05, 4.69) is 31.3 Å². The van der Waals surface area contributed by atoms with Crippen LogP contribution in [0.5, 0.6) is 0 Å². The highest BCUT2D eigenvalue weighted by molar-refractivity contribution is 9.10. The Hall–Kier alpha value is -1.73. The summed E-state index contributed by atoms with van der Waals surface area (Å²) in [6, 6.07) is 7.78. The van der Waals surface area contributed by atoms with Gasteiger partial charge in [0, 0.05) is 10.5 Å². The van der Waals surface area contributed by atoms with E-state index < -0.39 is 0 Å². The van der Waals surface area contributed by atoms with Gasteiger partial charge in [-0.3, -0.25) is 14.8 Å². The first-order valence-corrected chi connectivity index (χ1v) is 8.49. The van der Waals surface area contributed by atoms with Gasteiger partial charge in [0.15, 0.2) is 5.13 Å². The van der Waals surface area contributed by atoms with Crippen molar-refractivity contribution in [2.45, 2.75) is 26.8 Å². The maximum Gasteiger partial charge on any atom is 0.275 e. The van der Waals surface area contributed by atoms with Gasteiger partial charge in [-0.05, 0) is 54.9 Å². The Kier molecular flexibility index (Phi) is 4.01. The number of nitrogens with one attached hydrogen (secondary N) is 1. The lowest BCUT2D eigenvalue weighted by molar-refractivity contribution is 0.101. The number of benzene rings is 1. The molecule has 0 saturated heterocycles. The molecule has 0 aliphatic heterocycles. The summed E-state index contributed by atoms with van der Waals surface area (Å²) in [5.41, 5.74) is 2.23. The Labute approximate surface area is 140 Å². The lowest BCUT2D eigenvalue weighted by Gasteiger charge is -2.09. The number of para-hydroxylation sites is 1. The van der Waals surface area contributed by atoms with Crippen molar-refractivity contribution in [2.24, 2.45) is 0 Å². The summed E-state index contributed by atoms with van der Waals surface area (Å²) in [5, 5.41) is 7.82. The minimum atomic E-state index is -0.190. The maximum atomic E-state index is 12.5. The predicted molar refractivity (Wildman–Crippen MR) is 92.6 cm³/mol. The van der Waals surface area contributed by atoms with E-state index in [1.54, 1.807) is 10.7 Å². The van der Waals surface area contributed by atoms with Crippen LogP contribution in [0.1, 0.15) is 36.1 Å². The number of aryl methyl sites for hydroxylation is 1. The van der Waals surface area contributed by atoms with Crippen LogP contribution in [-0.2, 0) is 0 Å². The predicted octanol–water partition coefficient (Wildman–Crippen LogP) is 4.40. The molecule has 0 unspecified atom stereocenters. The van der Waals surface area contributed by atoms with E-state index in [4.69, 9.17) is 0 Å². The normalized spacial score (nSPS) is 11.3. The third-order valence-electron chi connectivity index (χ3n) is 3.17. The van der Waals surface area contributed by atoms with Gasteiger partial charge in [-0.2, -0.15) is 5.10 Å². The Morgan fingerprint density at radius 3 is 2.86 bits per heavy atom. The van der Waals surface area contributed by atoms with Crippen LogP contribution in [0.4, 0.5) is 5.13 Å².